The summed E-state index contributed by atoms with van der Waals surface area (Å²) in [4.78, 5) is 0. The minimum absolute atomic E-state index is 1.00. The van der Waals surface area contributed by atoms with Crippen LogP contribution in [0.4, 0.5) is 0 Å². The van der Waals surface area contributed by atoms with Gasteiger partial charge < -0.3 is 9.84 Å². The number of aliphatic hydroxyl groups is 1. The molecule has 0 rings (SSSR count). The largest absolute Gasteiger partial charge is 0.504 e. The van der Waals surface area contributed by atoms with E-state index in [1.165, 1.54) is 5.57 Å². The van der Waals surface area contributed by atoms with Crippen LogP contribution < -0.4 is 0 Å². The van der Waals surface area contributed by atoms with Crippen LogP contribution in [-0.2, 0) is 4.74 Å². The second kappa shape index (κ2) is 9.71. The van der Waals surface area contributed by atoms with Gasteiger partial charge in [-0.15, -0.1) is 0 Å². The van der Waals surface area contributed by atoms with Gasteiger partial charge in [-0.05, 0) is 19.4 Å². The summed E-state index contributed by atoms with van der Waals surface area (Å²) in [6, 6.07) is 0. The van der Waals surface area contributed by atoms with Crippen LogP contribution in [0.15, 0.2) is 11.8 Å². The summed E-state index contributed by atoms with van der Waals surface area (Å²) in [5, 5.41) is 7.00. The highest BCUT2D eigenvalue weighted by atomic mass is 16.5. The number of methoxy groups -OCH3 is 1. The third-order valence-electron chi connectivity index (χ3n) is 0.354. The Bertz CT molecular complexity index is 53.5. The first kappa shape index (κ1) is 10.5. The molecule has 0 bridgehead atoms. The minimum atomic E-state index is 1.00. The zero-order valence-electron chi connectivity index (χ0n) is 5.93. The normalized spacial score (nSPS) is 6.12. The van der Waals surface area contributed by atoms with Crippen molar-refractivity contribution in [3.05, 3.63) is 11.8 Å². The van der Waals surface area contributed by atoms with E-state index in [0.717, 1.165) is 7.11 Å². The summed E-state index contributed by atoms with van der Waals surface area (Å²) in [5.74, 6) is 0. The molecule has 0 spiro atoms. The Kier molecular flexibility index (Phi) is 12.7. The molecule has 0 saturated carbocycles. The Morgan fingerprint density at radius 1 is 1.38 bits per heavy atom. The third kappa shape index (κ3) is 17.8. The number of ether oxygens (including phenoxy) is 1. The van der Waals surface area contributed by atoms with E-state index in [9.17, 15) is 0 Å². The number of hydrogen-bond donors (Lipinski definition) is 1. The highest BCUT2D eigenvalue weighted by Gasteiger charge is 1.67. The van der Waals surface area contributed by atoms with Gasteiger partial charge in [0.05, 0.1) is 13.4 Å². The van der Waals surface area contributed by atoms with Gasteiger partial charge in [-0.2, -0.15) is 0 Å². The molecule has 0 aliphatic carbocycles. The van der Waals surface area contributed by atoms with Gasteiger partial charge in [0.15, 0.2) is 0 Å². The van der Waals surface area contributed by atoms with Crippen LogP contribution in [-0.4, -0.2) is 19.3 Å². The maximum absolute atomic E-state index is 7.00. The average Bonchev–Trinajstić information content (AvgIpc) is 1.72. The van der Waals surface area contributed by atoms with Gasteiger partial charge in [0.2, 0.25) is 0 Å². The van der Waals surface area contributed by atoms with Crippen LogP contribution in [0.25, 0.3) is 0 Å². The fraction of sp³-hybridized carbons (Fsp3) is 0.667. The van der Waals surface area contributed by atoms with Crippen LogP contribution in [0, 0.1) is 0 Å². The zero-order chi connectivity index (χ0) is 6.99. The van der Waals surface area contributed by atoms with Crippen molar-refractivity contribution in [1.29, 1.82) is 0 Å². The molecule has 1 N–H and O–H groups in total. The minimum Gasteiger partial charge on any atom is -0.504 e. The Morgan fingerprint density at radius 3 is 1.75 bits per heavy atom. The number of rotatable bonds is 1. The van der Waals surface area contributed by atoms with Crippen molar-refractivity contribution >= 4 is 0 Å². The lowest BCUT2D eigenvalue weighted by atomic mass is 10.4. The third-order valence-corrected chi connectivity index (χ3v) is 0.354. The van der Waals surface area contributed by atoms with Gasteiger partial charge in [0, 0.05) is 7.11 Å². The van der Waals surface area contributed by atoms with E-state index < -0.39 is 0 Å². The first-order valence-corrected chi connectivity index (χ1v) is 2.38. The molecule has 0 heterocycles. The van der Waals surface area contributed by atoms with Crippen molar-refractivity contribution in [2.24, 2.45) is 0 Å². The maximum atomic E-state index is 7.00. The lowest BCUT2D eigenvalue weighted by Gasteiger charge is -1.85. The van der Waals surface area contributed by atoms with Crippen molar-refractivity contribution < 1.29 is 9.84 Å². The van der Waals surface area contributed by atoms with Crippen LogP contribution in [0.2, 0.25) is 0 Å². The highest BCUT2D eigenvalue weighted by molar-refractivity contribution is 4.85. The molecule has 0 aromatic carbocycles. The van der Waals surface area contributed by atoms with Gasteiger partial charge in [0.1, 0.15) is 0 Å². The molecule has 2 heteroatoms. The molecule has 0 radical (unpaired) electrons. The van der Waals surface area contributed by atoms with Crippen molar-refractivity contribution in [3.63, 3.8) is 0 Å². The van der Waals surface area contributed by atoms with Gasteiger partial charge >= 0.3 is 0 Å². The summed E-state index contributed by atoms with van der Waals surface area (Å²) < 4.78 is 4.64. The van der Waals surface area contributed by atoms with Crippen LogP contribution in [0.5, 0.6) is 0 Å². The fourth-order valence-electron chi connectivity index (χ4n) is 0.236. The predicted octanol–water partition coefficient (Wildman–Crippen LogP) is 1.17. The predicted molar refractivity (Wildman–Crippen MR) is 34.6 cm³/mol. The van der Waals surface area contributed by atoms with Gasteiger partial charge in [-0.3, -0.25) is 0 Å². The molecule has 8 heavy (non-hydrogen) atoms. The van der Waals surface area contributed by atoms with Crippen LogP contribution in [0.3, 0.4) is 0 Å². The van der Waals surface area contributed by atoms with Crippen molar-refractivity contribution in [1.82, 2.24) is 0 Å². The topological polar surface area (TPSA) is 29.5 Å². The molecule has 0 saturated heterocycles. The molecular formula is C6H14O2. The van der Waals surface area contributed by atoms with Gasteiger partial charge in [0.25, 0.3) is 0 Å². The first-order chi connectivity index (χ1) is 3.77. The molecule has 0 aliphatic rings. The molecule has 0 aromatic rings. The molecule has 0 unspecified atom stereocenters. The lowest BCUT2D eigenvalue weighted by Crippen LogP contribution is -1.66. The highest BCUT2D eigenvalue weighted by Crippen LogP contribution is 1.84. The molecular weight excluding hydrogens is 104 g/mol. The number of hydrogen-bond acceptors (Lipinski definition) is 2. The van der Waals surface area contributed by atoms with E-state index in [4.69, 9.17) is 5.11 Å². The maximum Gasteiger partial charge on any atom is 0.0810 e. The summed E-state index contributed by atoms with van der Waals surface area (Å²) in [6.07, 6.45) is 1.71. The lowest BCUT2D eigenvalue weighted by molar-refractivity contribution is 0.334. The molecule has 0 atom stereocenters. The van der Waals surface area contributed by atoms with E-state index in [1.54, 1.807) is 13.4 Å². The summed E-state index contributed by atoms with van der Waals surface area (Å²) in [5.41, 5.74) is 1.19. The molecule has 0 aromatic heterocycles. The Labute approximate surface area is 50.8 Å². The molecule has 0 fully saturated rings. The standard InChI is InChI=1S/C5H10O.CH4O/c1-5(2)4-6-3;1-2/h4H,1-3H3;2H,1H3. The van der Waals surface area contributed by atoms with Crippen molar-refractivity contribution in [2.45, 2.75) is 13.8 Å². The monoisotopic (exact) mass is 118 g/mol. The average molecular weight is 118 g/mol. The molecule has 50 valence electrons. The molecule has 2 nitrogen and oxygen atoms in total. The quantitative estimate of drug-likeness (QED) is 0.523. The fourth-order valence-corrected chi connectivity index (χ4v) is 0.236. The first-order valence-electron chi connectivity index (χ1n) is 2.38. The summed E-state index contributed by atoms with van der Waals surface area (Å²) in [7, 11) is 2.65. The zero-order valence-corrected chi connectivity index (χ0v) is 5.93. The van der Waals surface area contributed by atoms with Crippen molar-refractivity contribution in [3.8, 4) is 0 Å². The number of allylic oxidation sites excluding steroid dienone is 1. The summed E-state index contributed by atoms with van der Waals surface area (Å²) in [6.45, 7) is 3.98. The second-order valence-corrected chi connectivity index (χ2v) is 1.43. The van der Waals surface area contributed by atoms with E-state index in [-0.39, 0.29) is 0 Å². The Morgan fingerprint density at radius 2 is 1.75 bits per heavy atom. The molecule has 0 amide bonds. The van der Waals surface area contributed by atoms with E-state index in [0.29, 0.717) is 0 Å². The number of aliphatic hydroxyl groups excluding tert-OH is 1. The van der Waals surface area contributed by atoms with Crippen LogP contribution in [0.1, 0.15) is 13.8 Å². The van der Waals surface area contributed by atoms with E-state index >= 15 is 0 Å². The molecule has 0 aliphatic heterocycles. The van der Waals surface area contributed by atoms with E-state index in [2.05, 4.69) is 4.74 Å². The van der Waals surface area contributed by atoms with Crippen LogP contribution >= 0.6 is 0 Å². The Balaban J connectivity index is 0. The van der Waals surface area contributed by atoms with Gasteiger partial charge in [-0.1, -0.05) is 0 Å². The smallest absolute Gasteiger partial charge is 0.0810 e. The SMILES string of the molecule is CO.COC=C(C)C. The second-order valence-electron chi connectivity index (χ2n) is 1.43. The van der Waals surface area contributed by atoms with Gasteiger partial charge in [-0.25, -0.2) is 0 Å². The summed E-state index contributed by atoms with van der Waals surface area (Å²) >= 11 is 0. The van der Waals surface area contributed by atoms with Crippen molar-refractivity contribution in [2.75, 3.05) is 14.2 Å². The van der Waals surface area contributed by atoms with E-state index in [1.807, 2.05) is 13.8 Å². The Hall–Kier alpha value is -0.500.